The third-order valence-corrected chi connectivity index (χ3v) is 1.25. The van der Waals surface area contributed by atoms with Crippen molar-refractivity contribution in [3.63, 3.8) is 0 Å². The molecule has 0 aliphatic rings. The lowest BCUT2D eigenvalue weighted by molar-refractivity contribution is 0.498. The van der Waals surface area contributed by atoms with Crippen LogP contribution < -0.4 is 0 Å². The molecule has 0 saturated carbocycles. The SMILES string of the molecule is C=C(O)c1ccc(F)c(F)c1. The third-order valence-electron chi connectivity index (χ3n) is 1.25. The van der Waals surface area contributed by atoms with Gasteiger partial charge in [0, 0.05) is 5.56 Å². The van der Waals surface area contributed by atoms with Gasteiger partial charge >= 0.3 is 0 Å². The van der Waals surface area contributed by atoms with E-state index in [-0.39, 0.29) is 11.3 Å². The molecule has 0 atom stereocenters. The number of hydrogen-bond acceptors (Lipinski definition) is 1. The van der Waals surface area contributed by atoms with Crippen molar-refractivity contribution >= 4 is 5.76 Å². The molecular formula is C8H6F2O. The Morgan fingerprint density at radius 3 is 2.36 bits per heavy atom. The molecule has 0 bridgehead atoms. The molecule has 0 aliphatic heterocycles. The quantitative estimate of drug-likeness (QED) is 0.619. The molecule has 0 heterocycles. The molecule has 0 aliphatic carbocycles. The van der Waals surface area contributed by atoms with Crippen molar-refractivity contribution in [1.82, 2.24) is 0 Å². The van der Waals surface area contributed by atoms with Gasteiger partial charge in [-0.2, -0.15) is 0 Å². The van der Waals surface area contributed by atoms with Gasteiger partial charge in [0.25, 0.3) is 0 Å². The van der Waals surface area contributed by atoms with Gasteiger partial charge in [-0.15, -0.1) is 0 Å². The van der Waals surface area contributed by atoms with Crippen molar-refractivity contribution < 1.29 is 13.9 Å². The smallest absolute Gasteiger partial charge is 0.159 e. The number of halogens is 2. The van der Waals surface area contributed by atoms with Gasteiger partial charge in [0.1, 0.15) is 5.76 Å². The summed E-state index contributed by atoms with van der Waals surface area (Å²) in [5.74, 6) is -2.20. The zero-order valence-electron chi connectivity index (χ0n) is 5.64. The van der Waals surface area contributed by atoms with E-state index in [0.29, 0.717) is 0 Å². The van der Waals surface area contributed by atoms with Crippen molar-refractivity contribution in [2.24, 2.45) is 0 Å². The van der Waals surface area contributed by atoms with Crippen molar-refractivity contribution in [1.29, 1.82) is 0 Å². The summed E-state index contributed by atoms with van der Waals surface area (Å²) in [6.45, 7) is 3.16. The summed E-state index contributed by atoms with van der Waals surface area (Å²) >= 11 is 0. The van der Waals surface area contributed by atoms with Crippen LogP contribution in [0.15, 0.2) is 24.8 Å². The molecule has 0 spiro atoms. The first-order chi connectivity index (χ1) is 5.11. The van der Waals surface area contributed by atoms with E-state index in [2.05, 4.69) is 6.58 Å². The highest BCUT2D eigenvalue weighted by molar-refractivity contribution is 5.55. The van der Waals surface area contributed by atoms with E-state index in [1.807, 2.05) is 0 Å². The van der Waals surface area contributed by atoms with Gasteiger partial charge in [0.15, 0.2) is 11.6 Å². The Morgan fingerprint density at radius 2 is 1.91 bits per heavy atom. The van der Waals surface area contributed by atoms with Crippen LogP contribution in [0.5, 0.6) is 0 Å². The van der Waals surface area contributed by atoms with Crippen molar-refractivity contribution in [2.75, 3.05) is 0 Å². The topological polar surface area (TPSA) is 20.2 Å². The van der Waals surface area contributed by atoms with E-state index < -0.39 is 11.6 Å². The number of benzene rings is 1. The second kappa shape index (κ2) is 2.70. The molecule has 0 aromatic heterocycles. The van der Waals surface area contributed by atoms with E-state index in [4.69, 9.17) is 5.11 Å². The molecule has 0 saturated heterocycles. The van der Waals surface area contributed by atoms with Crippen LogP contribution in [0.4, 0.5) is 8.78 Å². The fourth-order valence-corrected chi connectivity index (χ4v) is 0.676. The fraction of sp³-hybridized carbons (Fsp3) is 0. The van der Waals surface area contributed by atoms with Crippen LogP contribution in [0.3, 0.4) is 0 Å². The first-order valence-corrected chi connectivity index (χ1v) is 2.94. The summed E-state index contributed by atoms with van der Waals surface area (Å²) < 4.78 is 24.7. The first kappa shape index (κ1) is 7.72. The summed E-state index contributed by atoms with van der Waals surface area (Å²) in [5.41, 5.74) is 0.184. The summed E-state index contributed by atoms with van der Waals surface area (Å²) in [4.78, 5) is 0. The molecule has 3 heteroatoms. The first-order valence-electron chi connectivity index (χ1n) is 2.94. The summed E-state index contributed by atoms with van der Waals surface area (Å²) in [6.07, 6.45) is 0. The highest BCUT2D eigenvalue weighted by atomic mass is 19.2. The van der Waals surface area contributed by atoms with Gasteiger partial charge in [-0.25, -0.2) is 8.78 Å². The molecule has 0 amide bonds. The van der Waals surface area contributed by atoms with Crippen molar-refractivity contribution in [3.05, 3.63) is 42.0 Å². The average molecular weight is 156 g/mol. The zero-order valence-corrected chi connectivity index (χ0v) is 5.64. The van der Waals surface area contributed by atoms with Crippen LogP contribution in [0.2, 0.25) is 0 Å². The molecule has 11 heavy (non-hydrogen) atoms. The van der Waals surface area contributed by atoms with Gasteiger partial charge in [0.05, 0.1) is 0 Å². The lowest BCUT2D eigenvalue weighted by Crippen LogP contribution is -1.86. The highest BCUT2D eigenvalue weighted by Gasteiger charge is 2.02. The molecule has 0 radical (unpaired) electrons. The molecule has 0 fully saturated rings. The fourth-order valence-electron chi connectivity index (χ4n) is 0.676. The third kappa shape index (κ3) is 1.55. The minimum Gasteiger partial charge on any atom is -0.508 e. The maximum Gasteiger partial charge on any atom is 0.159 e. The second-order valence-electron chi connectivity index (χ2n) is 2.08. The van der Waals surface area contributed by atoms with Crippen LogP contribution in [-0.2, 0) is 0 Å². The minimum atomic E-state index is -0.988. The maximum atomic E-state index is 12.4. The molecule has 1 N–H and O–H groups in total. The molecule has 1 rings (SSSR count). The molecule has 1 aromatic carbocycles. The van der Waals surface area contributed by atoms with Crippen LogP contribution in [0, 0.1) is 11.6 Å². The van der Waals surface area contributed by atoms with E-state index in [1.165, 1.54) is 6.07 Å². The number of rotatable bonds is 1. The second-order valence-corrected chi connectivity index (χ2v) is 2.08. The lowest BCUT2D eigenvalue weighted by Gasteiger charge is -1.97. The average Bonchev–Trinajstić information content (AvgIpc) is 1.94. The molecule has 1 nitrogen and oxygen atoms in total. The van der Waals surface area contributed by atoms with Gasteiger partial charge < -0.3 is 5.11 Å². The van der Waals surface area contributed by atoms with Gasteiger partial charge in [-0.05, 0) is 18.2 Å². The normalized spacial score (nSPS) is 9.64. The summed E-state index contributed by atoms with van der Waals surface area (Å²) in [7, 11) is 0. The van der Waals surface area contributed by atoms with Crippen LogP contribution in [-0.4, -0.2) is 5.11 Å². The van der Waals surface area contributed by atoms with Crippen molar-refractivity contribution in [3.8, 4) is 0 Å². The number of aliphatic hydroxyl groups excluding tert-OH is 1. The highest BCUT2D eigenvalue weighted by Crippen LogP contribution is 2.13. The standard InChI is InChI=1S/C8H6F2O/c1-5(11)6-2-3-7(9)8(10)4-6/h2-4,11H,1H2. The molecule has 58 valence electrons. The Hall–Kier alpha value is -1.38. The monoisotopic (exact) mass is 156 g/mol. The molecule has 1 aromatic rings. The Kier molecular flexibility index (Phi) is 1.89. The summed E-state index contributed by atoms with van der Waals surface area (Å²) in [5, 5.41) is 8.76. The van der Waals surface area contributed by atoms with Gasteiger partial charge in [0.2, 0.25) is 0 Å². The predicted octanol–water partition coefficient (Wildman–Crippen LogP) is 2.49. The molecular weight excluding hydrogens is 150 g/mol. The number of aliphatic hydroxyl groups is 1. The summed E-state index contributed by atoms with van der Waals surface area (Å²) in [6, 6.07) is 3.07. The van der Waals surface area contributed by atoms with Crippen LogP contribution >= 0.6 is 0 Å². The maximum absolute atomic E-state index is 12.4. The van der Waals surface area contributed by atoms with E-state index >= 15 is 0 Å². The van der Waals surface area contributed by atoms with Gasteiger partial charge in [-0.1, -0.05) is 6.58 Å². The number of hydrogen-bond donors (Lipinski definition) is 1. The van der Waals surface area contributed by atoms with Crippen molar-refractivity contribution in [2.45, 2.75) is 0 Å². The Labute approximate surface area is 62.6 Å². The van der Waals surface area contributed by atoms with E-state index in [1.54, 1.807) is 0 Å². The largest absolute Gasteiger partial charge is 0.508 e. The lowest BCUT2D eigenvalue weighted by atomic mass is 10.2. The minimum absolute atomic E-state index is 0.184. The van der Waals surface area contributed by atoms with Crippen LogP contribution in [0.25, 0.3) is 5.76 Å². The predicted molar refractivity (Wildman–Crippen MR) is 38.0 cm³/mol. The van der Waals surface area contributed by atoms with Gasteiger partial charge in [-0.3, -0.25) is 0 Å². The Morgan fingerprint density at radius 1 is 1.27 bits per heavy atom. The molecule has 0 unspecified atom stereocenters. The van der Waals surface area contributed by atoms with E-state index in [9.17, 15) is 8.78 Å². The van der Waals surface area contributed by atoms with E-state index in [0.717, 1.165) is 12.1 Å². The Bertz CT molecular complexity index is 294. The Balaban J connectivity index is 3.15. The van der Waals surface area contributed by atoms with Crippen LogP contribution in [0.1, 0.15) is 5.56 Å². The zero-order chi connectivity index (χ0) is 8.43.